The van der Waals surface area contributed by atoms with Crippen LogP contribution in [0.3, 0.4) is 0 Å². The van der Waals surface area contributed by atoms with Gasteiger partial charge in [-0.1, -0.05) is 127 Å². The zero-order valence-corrected chi connectivity index (χ0v) is 23.0. The molecule has 0 spiro atoms. The van der Waals surface area contributed by atoms with E-state index in [1.807, 2.05) is 6.07 Å². The first-order valence-electron chi connectivity index (χ1n) is 16.9. The van der Waals surface area contributed by atoms with Crippen molar-refractivity contribution >= 4 is 54.3 Å². The first-order valence-corrected chi connectivity index (χ1v) is 14.4. The summed E-state index contributed by atoms with van der Waals surface area (Å²) in [6.45, 7) is 0. The lowest BCUT2D eigenvalue weighted by atomic mass is 9.85. The molecule has 200 valence electrons. The van der Waals surface area contributed by atoms with E-state index in [2.05, 4.69) is 109 Å². The standard InChI is InChI=1S/C42H26O/c1-2-10-27(11-3-1)30-20-22-33-34-23-21-32(26-40(34)43-39(33)25-30)42-37-16-8-6-14-35(37)41(36-15-7-9-17-38(36)42)31-19-18-28-12-4-5-13-29(28)24-31/h1-26H/i1D,2D,3D,10D,11D. The maximum absolute atomic E-state index is 8.45. The normalized spacial score (nSPS) is 13.3. The molecule has 0 unspecified atom stereocenters. The van der Waals surface area contributed by atoms with Crippen LogP contribution in [0.1, 0.15) is 6.85 Å². The van der Waals surface area contributed by atoms with Crippen molar-refractivity contribution in [3.05, 3.63) is 158 Å². The number of hydrogen-bond donors (Lipinski definition) is 0. The van der Waals surface area contributed by atoms with Crippen LogP contribution in [0.5, 0.6) is 0 Å². The summed E-state index contributed by atoms with van der Waals surface area (Å²) in [7, 11) is 0. The van der Waals surface area contributed by atoms with E-state index in [0.717, 1.165) is 32.7 Å². The second-order valence-corrected chi connectivity index (χ2v) is 10.9. The van der Waals surface area contributed by atoms with E-state index in [1.54, 1.807) is 12.1 Å². The van der Waals surface area contributed by atoms with Gasteiger partial charge in [0, 0.05) is 10.8 Å². The Balaban J connectivity index is 1.25. The first kappa shape index (κ1) is 19.5. The van der Waals surface area contributed by atoms with Gasteiger partial charge in [-0.25, -0.2) is 0 Å². The molecule has 0 aliphatic heterocycles. The molecule has 8 aromatic carbocycles. The van der Waals surface area contributed by atoms with Crippen LogP contribution in [0, 0.1) is 0 Å². The van der Waals surface area contributed by atoms with E-state index in [1.165, 1.54) is 32.7 Å². The summed E-state index contributed by atoms with van der Waals surface area (Å²) in [4.78, 5) is 0. The van der Waals surface area contributed by atoms with Gasteiger partial charge in [0.1, 0.15) is 11.2 Å². The third kappa shape index (κ3) is 3.79. The number of rotatable bonds is 3. The van der Waals surface area contributed by atoms with E-state index in [-0.39, 0.29) is 29.7 Å². The predicted octanol–water partition coefficient (Wildman–Crippen LogP) is 12.0. The summed E-state index contributed by atoms with van der Waals surface area (Å²) < 4.78 is 47.5. The van der Waals surface area contributed by atoms with Crippen LogP contribution in [0.2, 0.25) is 0 Å². The van der Waals surface area contributed by atoms with Crippen molar-refractivity contribution in [1.82, 2.24) is 0 Å². The smallest absolute Gasteiger partial charge is 0.136 e. The van der Waals surface area contributed by atoms with Crippen LogP contribution in [-0.4, -0.2) is 0 Å². The van der Waals surface area contributed by atoms with E-state index in [4.69, 9.17) is 11.3 Å². The summed E-state index contributed by atoms with van der Waals surface area (Å²) in [5.74, 6) is 0. The highest BCUT2D eigenvalue weighted by Gasteiger charge is 2.18. The SMILES string of the molecule is [2H]c1c([2H])c([2H])c(-c2ccc3c(c2)oc2cc(-c4c5ccccc5c(-c5ccc6ccccc6c5)c5ccccc45)ccc23)c([2H])c1[2H]. The minimum absolute atomic E-state index is 0.161. The Labute approximate surface area is 256 Å². The fourth-order valence-electron chi connectivity index (χ4n) is 6.58. The Morgan fingerprint density at radius 3 is 1.49 bits per heavy atom. The highest BCUT2D eigenvalue weighted by atomic mass is 16.3. The van der Waals surface area contributed by atoms with Crippen molar-refractivity contribution in [3.8, 4) is 33.4 Å². The van der Waals surface area contributed by atoms with Crippen LogP contribution < -0.4 is 0 Å². The minimum atomic E-state index is -0.406. The van der Waals surface area contributed by atoms with Crippen LogP contribution >= 0.6 is 0 Å². The van der Waals surface area contributed by atoms with Crippen LogP contribution in [-0.2, 0) is 0 Å². The Morgan fingerprint density at radius 1 is 0.372 bits per heavy atom. The molecule has 1 aromatic heterocycles. The van der Waals surface area contributed by atoms with E-state index >= 15 is 0 Å². The summed E-state index contributed by atoms with van der Waals surface area (Å²) in [6.07, 6.45) is 0. The van der Waals surface area contributed by atoms with Gasteiger partial charge < -0.3 is 4.42 Å². The zero-order chi connectivity index (χ0) is 32.7. The molecule has 9 rings (SSSR count). The van der Waals surface area contributed by atoms with Gasteiger partial charge in [0.05, 0.1) is 6.85 Å². The summed E-state index contributed by atoms with van der Waals surface area (Å²) in [5, 5.41) is 8.92. The Kier molecular flexibility index (Phi) is 4.27. The van der Waals surface area contributed by atoms with Crippen molar-refractivity contribution in [1.29, 1.82) is 0 Å². The number of fused-ring (bicyclic) bond motifs is 6. The van der Waals surface area contributed by atoms with Crippen molar-refractivity contribution < 1.29 is 11.3 Å². The second kappa shape index (κ2) is 9.44. The maximum atomic E-state index is 8.45. The Bertz CT molecular complexity index is 2710. The summed E-state index contributed by atoms with van der Waals surface area (Å²) in [6, 6.07) is 42.5. The van der Waals surface area contributed by atoms with Crippen LogP contribution in [0.4, 0.5) is 0 Å². The lowest BCUT2D eigenvalue weighted by Gasteiger charge is -2.18. The van der Waals surface area contributed by atoms with Gasteiger partial charge in [-0.3, -0.25) is 0 Å². The molecule has 0 aliphatic carbocycles. The van der Waals surface area contributed by atoms with Gasteiger partial charge in [-0.15, -0.1) is 0 Å². The number of hydrogen-bond acceptors (Lipinski definition) is 1. The molecule has 1 heterocycles. The molecule has 0 aliphatic rings. The molecule has 0 radical (unpaired) electrons. The lowest BCUT2D eigenvalue weighted by molar-refractivity contribution is 0.669. The van der Waals surface area contributed by atoms with E-state index < -0.39 is 6.04 Å². The molecule has 1 heteroatoms. The molecule has 1 nitrogen and oxygen atoms in total. The van der Waals surface area contributed by atoms with Crippen molar-refractivity contribution in [2.45, 2.75) is 0 Å². The third-order valence-corrected chi connectivity index (χ3v) is 8.52. The Hall–Kier alpha value is -5.66. The van der Waals surface area contributed by atoms with Crippen LogP contribution in [0.25, 0.3) is 87.6 Å². The molecule has 0 fully saturated rings. The largest absolute Gasteiger partial charge is 0.456 e. The highest BCUT2D eigenvalue weighted by molar-refractivity contribution is 6.22. The molecule has 0 bridgehead atoms. The highest BCUT2D eigenvalue weighted by Crippen LogP contribution is 2.45. The topological polar surface area (TPSA) is 13.1 Å². The molecule has 0 atom stereocenters. The van der Waals surface area contributed by atoms with E-state index in [9.17, 15) is 0 Å². The predicted molar refractivity (Wildman–Crippen MR) is 183 cm³/mol. The van der Waals surface area contributed by atoms with Crippen molar-refractivity contribution in [2.75, 3.05) is 0 Å². The van der Waals surface area contributed by atoms with Gasteiger partial charge in [-0.05, 0) is 96.0 Å². The average molecular weight is 552 g/mol. The fourth-order valence-corrected chi connectivity index (χ4v) is 6.58. The van der Waals surface area contributed by atoms with Crippen LogP contribution in [0.15, 0.2) is 162 Å². The van der Waals surface area contributed by atoms with Crippen molar-refractivity contribution in [3.63, 3.8) is 0 Å². The molecular weight excluding hydrogens is 520 g/mol. The Morgan fingerprint density at radius 2 is 0.860 bits per heavy atom. The van der Waals surface area contributed by atoms with Crippen molar-refractivity contribution in [2.24, 2.45) is 0 Å². The molecule has 9 aromatic rings. The monoisotopic (exact) mass is 551 g/mol. The quantitative estimate of drug-likeness (QED) is 0.199. The lowest BCUT2D eigenvalue weighted by Crippen LogP contribution is -1.91. The molecule has 0 saturated carbocycles. The number of furan rings is 1. The van der Waals surface area contributed by atoms with E-state index in [0.29, 0.717) is 16.7 Å². The second-order valence-electron chi connectivity index (χ2n) is 10.9. The van der Waals surface area contributed by atoms with Gasteiger partial charge in [-0.2, -0.15) is 0 Å². The van der Waals surface area contributed by atoms with Gasteiger partial charge in [0.15, 0.2) is 0 Å². The minimum Gasteiger partial charge on any atom is -0.456 e. The fraction of sp³-hybridized carbons (Fsp3) is 0. The summed E-state index contributed by atoms with van der Waals surface area (Å²) in [5.41, 5.74) is 6.53. The van der Waals surface area contributed by atoms with Gasteiger partial charge in [0.2, 0.25) is 0 Å². The average Bonchev–Trinajstić information content (AvgIpc) is 3.49. The van der Waals surface area contributed by atoms with Gasteiger partial charge >= 0.3 is 0 Å². The maximum Gasteiger partial charge on any atom is 0.136 e. The zero-order valence-electron chi connectivity index (χ0n) is 28.0. The molecule has 0 saturated heterocycles. The molecule has 0 N–H and O–H groups in total. The molecule has 0 amide bonds. The third-order valence-electron chi connectivity index (χ3n) is 8.52. The summed E-state index contributed by atoms with van der Waals surface area (Å²) >= 11 is 0. The van der Waals surface area contributed by atoms with Gasteiger partial charge in [0.25, 0.3) is 0 Å². The first-order chi connectivity index (χ1) is 23.4. The molecule has 43 heavy (non-hydrogen) atoms. The number of benzene rings is 8. The molecular formula is C42H26O.